The number of guanidine groups is 1. The number of benzene rings is 1. The highest BCUT2D eigenvalue weighted by Gasteiger charge is 2.01. The first-order valence-electron chi connectivity index (χ1n) is 7.59. The average molecular weight is 305 g/mol. The molecule has 0 amide bonds. The molecule has 0 saturated carbocycles. The minimum absolute atomic E-state index is 0.439. The smallest absolute Gasteiger partial charge is 0.188 e. The van der Waals surface area contributed by atoms with E-state index in [9.17, 15) is 0 Å². The van der Waals surface area contributed by atoms with Crippen molar-refractivity contribution in [2.45, 2.75) is 13.0 Å². The van der Waals surface area contributed by atoms with Crippen LogP contribution in [0.1, 0.15) is 11.3 Å². The summed E-state index contributed by atoms with van der Waals surface area (Å²) in [6.45, 7) is 1.22. The van der Waals surface area contributed by atoms with Crippen LogP contribution < -0.4 is 11.1 Å². The molecule has 0 aliphatic rings. The molecule has 5 heteroatoms. The predicted molar refractivity (Wildman–Crippen MR) is 93.0 cm³/mol. The Hall–Kier alpha value is -2.95. The van der Waals surface area contributed by atoms with Gasteiger partial charge in [-0.2, -0.15) is 0 Å². The molecule has 0 atom stereocenters. The van der Waals surface area contributed by atoms with Gasteiger partial charge in [0.15, 0.2) is 5.96 Å². The number of nitrogens with zero attached hydrogens (tertiary/aromatic N) is 3. The van der Waals surface area contributed by atoms with Crippen LogP contribution in [0.4, 0.5) is 0 Å². The Balaban J connectivity index is 1.58. The minimum Gasteiger partial charge on any atom is -0.370 e. The highest BCUT2D eigenvalue weighted by Crippen LogP contribution is 2.16. The van der Waals surface area contributed by atoms with E-state index in [0.29, 0.717) is 19.0 Å². The summed E-state index contributed by atoms with van der Waals surface area (Å²) in [5.41, 5.74) is 9.00. The summed E-state index contributed by atoms with van der Waals surface area (Å²) >= 11 is 0. The van der Waals surface area contributed by atoms with Crippen molar-refractivity contribution in [1.29, 1.82) is 0 Å². The number of aliphatic imine (C=N–C) groups is 1. The van der Waals surface area contributed by atoms with Crippen molar-refractivity contribution < 1.29 is 0 Å². The van der Waals surface area contributed by atoms with Crippen molar-refractivity contribution in [1.82, 2.24) is 15.3 Å². The van der Waals surface area contributed by atoms with Crippen molar-refractivity contribution in [3.63, 3.8) is 0 Å². The number of hydrogen-bond acceptors (Lipinski definition) is 3. The van der Waals surface area contributed by atoms with E-state index in [1.54, 1.807) is 12.4 Å². The predicted octanol–water partition coefficient (Wildman–Crippen LogP) is 2.28. The van der Waals surface area contributed by atoms with Crippen molar-refractivity contribution in [3.05, 3.63) is 72.2 Å². The largest absolute Gasteiger partial charge is 0.370 e. The van der Waals surface area contributed by atoms with E-state index in [1.165, 1.54) is 0 Å². The number of hydrogen-bond donors (Lipinski definition) is 2. The topological polar surface area (TPSA) is 76.2 Å². The number of nitrogens with one attached hydrogen (secondary N) is 1. The van der Waals surface area contributed by atoms with Gasteiger partial charge in [0.25, 0.3) is 0 Å². The molecule has 0 spiro atoms. The van der Waals surface area contributed by atoms with Crippen LogP contribution in [0.25, 0.3) is 10.9 Å². The van der Waals surface area contributed by atoms with E-state index in [2.05, 4.69) is 20.3 Å². The normalized spacial score (nSPS) is 11.6. The first-order valence-corrected chi connectivity index (χ1v) is 7.59. The lowest BCUT2D eigenvalue weighted by Gasteiger charge is -2.06. The van der Waals surface area contributed by atoms with Gasteiger partial charge >= 0.3 is 0 Å². The van der Waals surface area contributed by atoms with E-state index in [1.807, 2.05) is 48.5 Å². The zero-order valence-electron chi connectivity index (χ0n) is 12.8. The molecular weight excluding hydrogens is 286 g/mol. The summed E-state index contributed by atoms with van der Waals surface area (Å²) in [6.07, 6.45) is 4.40. The third kappa shape index (κ3) is 4.03. The second-order valence-electron chi connectivity index (χ2n) is 5.19. The maximum absolute atomic E-state index is 5.93. The maximum atomic E-state index is 5.93. The fraction of sp³-hybridized carbons (Fsp3) is 0.167. The van der Waals surface area contributed by atoms with E-state index in [-0.39, 0.29) is 0 Å². The van der Waals surface area contributed by atoms with Crippen LogP contribution >= 0.6 is 0 Å². The second-order valence-corrected chi connectivity index (χ2v) is 5.19. The molecular formula is C18H19N5. The van der Waals surface area contributed by atoms with Gasteiger partial charge in [0.2, 0.25) is 0 Å². The van der Waals surface area contributed by atoms with E-state index < -0.39 is 0 Å². The van der Waals surface area contributed by atoms with Gasteiger partial charge in [-0.25, -0.2) is 4.99 Å². The molecule has 0 fully saturated rings. The van der Waals surface area contributed by atoms with Crippen LogP contribution in [0.15, 0.2) is 65.9 Å². The Kier molecular flexibility index (Phi) is 4.79. The number of rotatable bonds is 5. The van der Waals surface area contributed by atoms with E-state index >= 15 is 0 Å². The van der Waals surface area contributed by atoms with Crippen molar-refractivity contribution in [2.24, 2.45) is 10.7 Å². The summed E-state index contributed by atoms with van der Waals surface area (Å²) < 4.78 is 0. The molecule has 5 nitrogen and oxygen atoms in total. The van der Waals surface area contributed by atoms with E-state index in [0.717, 1.165) is 28.6 Å². The summed E-state index contributed by atoms with van der Waals surface area (Å²) in [5.74, 6) is 0.439. The Labute approximate surface area is 135 Å². The molecule has 2 aromatic heterocycles. The number of aromatic nitrogens is 2. The second kappa shape index (κ2) is 7.35. The number of nitrogens with two attached hydrogens (primary N) is 1. The number of fused-ring (bicyclic) bond motifs is 1. The average Bonchev–Trinajstić information content (AvgIpc) is 2.61. The van der Waals surface area contributed by atoms with Crippen LogP contribution in [-0.4, -0.2) is 22.5 Å². The van der Waals surface area contributed by atoms with Gasteiger partial charge in [-0.05, 0) is 23.8 Å². The molecule has 0 bridgehead atoms. The molecule has 0 unspecified atom stereocenters. The minimum atomic E-state index is 0.439. The third-order valence-corrected chi connectivity index (χ3v) is 3.55. The highest BCUT2D eigenvalue weighted by atomic mass is 15.1. The van der Waals surface area contributed by atoms with Crippen molar-refractivity contribution in [3.8, 4) is 0 Å². The van der Waals surface area contributed by atoms with Crippen molar-refractivity contribution in [2.75, 3.05) is 6.54 Å². The molecule has 23 heavy (non-hydrogen) atoms. The van der Waals surface area contributed by atoms with Gasteiger partial charge in [0, 0.05) is 36.4 Å². The van der Waals surface area contributed by atoms with Crippen LogP contribution in [-0.2, 0) is 13.0 Å². The molecule has 3 aromatic rings. The van der Waals surface area contributed by atoms with Gasteiger partial charge in [0.1, 0.15) is 0 Å². The molecule has 2 heterocycles. The Morgan fingerprint density at radius 2 is 1.87 bits per heavy atom. The van der Waals surface area contributed by atoms with Crippen LogP contribution in [0, 0.1) is 0 Å². The quantitative estimate of drug-likeness (QED) is 0.560. The van der Waals surface area contributed by atoms with E-state index in [4.69, 9.17) is 5.73 Å². The summed E-state index contributed by atoms with van der Waals surface area (Å²) in [5, 5.41) is 4.23. The Morgan fingerprint density at radius 1 is 1.00 bits per heavy atom. The standard InChI is InChI=1S/C18H19N5/c19-18(22-12-9-16-8-1-2-10-20-16)23-13-15-6-3-5-14-7-4-11-21-17(14)15/h1-8,10-11H,9,12-13H2,(H3,19,22,23). The molecule has 0 radical (unpaired) electrons. The summed E-state index contributed by atoms with van der Waals surface area (Å²) in [7, 11) is 0. The third-order valence-electron chi connectivity index (χ3n) is 3.55. The molecule has 116 valence electrons. The SMILES string of the molecule is NC(=NCc1cccc2cccnc12)NCCc1ccccn1. The summed E-state index contributed by atoms with van der Waals surface area (Å²) in [6, 6.07) is 15.9. The molecule has 0 saturated heterocycles. The summed E-state index contributed by atoms with van der Waals surface area (Å²) in [4.78, 5) is 13.1. The fourth-order valence-corrected chi connectivity index (χ4v) is 2.39. The lowest BCUT2D eigenvalue weighted by atomic mass is 10.1. The molecule has 3 rings (SSSR count). The first kappa shape index (κ1) is 15.0. The van der Waals surface area contributed by atoms with Gasteiger partial charge in [-0.1, -0.05) is 30.3 Å². The number of pyridine rings is 2. The van der Waals surface area contributed by atoms with Crippen LogP contribution in [0.3, 0.4) is 0 Å². The molecule has 1 aromatic carbocycles. The number of para-hydroxylation sites is 1. The monoisotopic (exact) mass is 305 g/mol. The van der Waals surface area contributed by atoms with Gasteiger partial charge in [0.05, 0.1) is 12.1 Å². The lowest BCUT2D eigenvalue weighted by Crippen LogP contribution is -2.33. The maximum Gasteiger partial charge on any atom is 0.188 e. The van der Waals surface area contributed by atoms with Crippen LogP contribution in [0.2, 0.25) is 0 Å². The zero-order valence-corrected chi connectivity index (χ0v) is 12.8. The van der Waals surface area contributed by atoms with Crippen LogP contribution in [0.5, 0.6) is 0 Å². The van der Waals surface area contributed by atoms with Gasteiger partial charge in [-0.15, -0.1) is 0 Å². The fourth-order valence-electron chi connectivity index (χ4n) is 2.39. The Bertz CT molecular complexity index is 793. The molecule has 0 aliphatic carbocycles. The zero-order chi connectivity index (χ0) is 15.9. The molecule has 0 aliphatic heterocycles. The lowest BCUT2D eigenvalue weighted by molar-refractivity contribution is 0.828. The van der Waals surface area contributed by atoms with Gasteiger partial charge < -0.3 is 11.1 Å². The molecule has 3 N–H and O–H groups in total. The Morgan fingerprint density at radius 3 is 2.74 bits per heavy atom. The first-order chi connectivity index (χ1) is 11.3. The van der Waals surface area contributed by atoms with Gasteiger partial charge in [-0.3, -0.25) is 9.97 Å². The van der Waals surface area contributed by atoms with Crippen molar-refractivity contribution >= 4 is 16.9 Å². The highest BCUT2D eigenvalue weighted by molar-refractivity contribution is 5.82.